The molecule has 0 saturated carbocycles. The maximum Gasteiger partial charge on any atom is 0.255 e. The van der Waals surface area contributed by atoms with Gasteiger partial charge in [-0.05, 0) is 42.7 Å². The molecule has 0 fully saturated rings. The van der Waals surface area contributed by atoms with E-state index in [1.165, 1.54) is 11.3 Å². The van der Waals surface area contributed by atoms with E-state index in [4.69, 9.17) is 17.3 Å². The van der Waals surface area contributed by atoms with Gasteiger partial charge in [0.25, 0.3) is 5.91 Å². The van der Waals surface area contributed by atoms with Crippen molar-refractivity contribution < 1.29 is 4.79 Å². The molecule has 3 nitrogen and oxygen atoms in total. The summed E-state index contributed by atoms with van der Waals surface area (Å²) in [6.45, 7) is 4.40. The molecule has 0 unspecified atom stereocenters. The summed E-state index contributed by atoms with van der Waals surface area (Å²) in [6, 6.07) is 15.6. The average Bonchev–Trinajstić information content (AvgIpc) is 2.90. The predicted molar refractivity (Wildman–Crippen MR) is 106 cm³/mol. The second-order valence-electron chi connectivity index (χ2n) is 5.90. The fourth-order valence-electron chi connectivity index (χ4n) is 2.81. The third-order valence-corrected chi connectivity index (χ3v) is 5.44. The first kappa shape index (κ1) is 17.5. The van der Waals surface area contributed by atoms with E-state index in [0.717, 1.165) is 27.1 Å². The van der Waals surface area contributed by atoms with Crippen LogP contribution in [-0.2, 0) is 6.54 Å². The van der Waals surface area contributed by atoms with Crippen LogP contribution in [0.2, 0.25) is 5.02 Å². The van der Waals surface area contributed by atoms with Gasteiger partial charge in [-0.15, -0.1) is 11.3 Å². The lowest BCUT2D eigenvalue weighted by Crippen LogP contribution is -2.23. The topological polar surface area (TPSA) is 55.1 Å². The summed E-state index contributed by atoms with van der Waals surface area (Å²) in [5, 5.41) is 4.21. The summed E-state index contributed by atoms with van der Waals surface area (Å²) in [7, 11) is 0. The summed E-state index contributed by atoms with van der Waals surface area (Å²) < 4.78 is 0. The van der Waals surface area contributed by atoms with E-state index in [2.05, 4.69) is 5.32 Å². The van der Waals surface area contributed by atoms with E-state index in [1.807, 2.05) is 62.4 Å². The molecule has 0 spiro atoms. The summed E-state index contributed by atoms with van der Waals surface area (Å²) in [5.41, 5.74) is 10.5. The van der Waals surface area contributed by atoms with E-state index in [0.29, 0.717) is 22.1 Å². The first-order chi connectivity index (χ1) is 12.0. The molecule has 5 heteroatoms. The Hall–Kier alpha value is -2.30. The lowest BCUT2D eigenvalue weighted by Gasteiger charge is -2.10. The Morgan fingerprint density at radius 3 is 2.56 bits per heavy atom. The third-order valence-electron chi connectivity index (χ3n) is 4.08. The van der Waals surface area contributed by atoms with Gasteiger partial charge in [-0.25, -0.2) is 0 Å². The Balaban J connectivity index is 1.93. The zero-order valence-electron chi connectivity index (χ0n) is 14.1. The Kier molecular flexibility index (Phi) is 5.11. The Morgan fingerprint density at radius 1 is 1.16 bits per heavy atom. The van der Waals surface area contributed by atoms with E-state index in [-0.39, 0.29) is 5.91 Å². The highest BCUT2D eigenvalue weighted by Gasteiger charge is 2.22. The van der Waals surface area contributed by atoms with Gasteiger partial charge in [-0.2, -0.15) is 0 Å². The van der Waals surface area contributed by atoms with Gasteiger partial charge in [0, 0.05) is 22.0 Å². The highest BCUT2D eigenvalue weighted by molar-refractivity contribution is 7.16. The van der Waals surface area contributed by atoms with Crippen LogP contribution in [0.25, 0.3) is 11.1 Å². The average molecular weight is 371 g/mol. The second kappa shape index (κ2) is 7.30. The number of benzene rings is 2. The summed E-state index contributed by atoms with van der Waals surface area (Å²) in [4.78, 5) is 13.8. The highest BCUT2D eigenvalue weighted by atomic mass is 35.5. The van der Waals surface area contributed by atoms with Gasteiger partial charge in [0.1, 0.15) is 0 Å². The Morgan fingerprint density at radius 2 is 1.88 bits per heavy atom. The second-order valence-corrected chi connectivity index (χ2v) is 7.57. The highest BCUT2D eigenvalue weighted by Crippen LogP contribution is 2.39. The zero-order valence-corrected chi connectivity index (χ0v) is 15.7. The fourth-order valence-corrected chi connectivity index (χ4v) is 3.87. The third kappa shape index (κ3) is 3.70. The normalized spacial score (nSPS) is 10.7. The number of nitrogens with two attached hydrogens (primary N) is 1. The molecular weight excluding hydrogens is 352 g/mol. The van der Waals surface area contributed by atoms with Gasteiger partial charge < -0.3 is 11.1 Å². The largest absolute Gasteiger partial charge is 0.390 e. The van der Waals surface area contributed by atoms with Crippen LogP contribution >= 0.6 is 22.9 Å². The van der Waals surface area contributed by atoms with Crippen molar-refractivity contribution in [2.45, 2.75) is 20.4 Å². The van der Waals surface area contributed by atoms with Crippen LogP contribution in [0, 0.1) is 13.8 Å². The van der Waals surface area contributed by atoms with Gasteiger partial charge in [-0.1, -0.05) is 48.0 Å². The van der Waals surface area contributed by atoms with Crippen LogP contribution in [0.3, 0.4) is 0 Å². The summed E-state index contributed by atoms with van der Waals surface area (Å²) in [6.07, 6.45) is 0. The van der Waals surface area contributed by atoms with E-state index < -0.39 is 0 Å². The quantitative estimate of drug-likeness (QED) is 0.663. The van der Waals surface area contributed by atoms with Crippen LogP contribution < -0.4 is 11.1 Å². The minimum absolute atomic E-state index is 0.159. The van der Waals surface area contributed by atoms with Crippen molar-refractivity contribution in [2.75, 3.05) is 5.73 Å². The standard InChI is InChI=1S/C20H19ClN2OS/c1-12-10-15(8-9-16(12)21)17-13(2)25-19(22)18(17)20(24)23-11-14-6-4-3-5-7-14/h3-10H,11,22H2,1-2H3,(H,23,24). The number of nitrogen functional groups attached to an aromatic ring is 1. The molecule has 0 aliphatic heterocycles. The van der Waals surface area contributed by atoms with Crippen LogP contribution in [0.4, 0.5) is 5.00 Å². The van der Waals surface area contributed by atoms with Gasteiger partial charge in [0.15, 0.2) is 0 Å². The van der Waals surface area contributed by atoms with E-state index >= 15 is 0 Å². The van der Waals surface area contributed by atoms with Crippen molar-refractivity contribution in [3.05, 3.63) is 75.1 Å². The van der Waals surface area contributed by atoms with Crippen molar-refractivity contribution in [1.82, 2.24) is 5.32 Å². The van der Waals surface area contributed by atoms with Crippen LogP contribution in [0.1, 0.15) is 26.4 Å². The molecule has 0 aliphatic carbocycles. The lowest BCUT2D eigenvalue weighted by atomic mass is 9.99. The molecule has 1 aromatic heterocycles. The Labute approximate surface area is 156 Å². The smallest absolute Gasteiger partial charge is 0.255 e. The number of halogens is 1. The number of anilines is 1. The first-order valence-corrected chi connectivity index (χ1v) is 9.14. The number of aryl methyl sites for hydroxylation is 2. The van der Waals surface area contributed by atoms with E-state index in [1.54, 1.807) is 0 Å². The van der Waals surface area contributed by atoms with Crippen molar-refractivity contribution >= 4 is 33.8 Å². The number of rotatable bonds is 4. The number of carbonyl (C=O) groups excluding carboxylic acids is 1. The fraction of sp³-hybridized carbons (Fsp3) is 0.150. The number of hydrogen-bond donors (Lipinski definition) is 2. The summed E-state index contributed by atoms with van der Waals surface area (Å²) in [5.74, 6) is -0.159. The minimum atomic E-state index is -0.159. The molecule has 3 rings (SSSR count). The molecule has 0 aliphatic rings. The molecule has 25 heavy (non-hydrogen) atoms. The molecule has 3 N–H and O–H groups in total. The SMILES string of the molecule is Cc1cc(-c2c(C)sc(N)c2C(=O)NCc2ccccc2)ccc1Cl. The first-order valence-electron chi connectivity index (χ1n) is 7.95. The number of nitrogens with one attached hydrogen (secondary N) is 1. The molecule has 1 heterocycles. The molecule has 0 saturated heterocycles. The van der Waals surface area contributed by atoms with Crippen molar-refractivity contribution in [3.63, 3.8) is 0 Å². The monoisotopic (exact) mass is 370 g/mol. The summed E-state index contributed by atoms with van der Waals surface area (Å²) >= 11 is 7.57. The molecule has 3 aromatic rings. The number of amides is 1. The van der Waals surface area contributed by atoms with Crippen molar-refractivity contribution in [2.24, 2.45) is 0 Å². The van der Waals surface area contributed by atoms with Gasteiger partial charge >= 0.3 is 0 Å². The molecule has 1 amide bonds. The van der Waals surface area contributed by atoms with Crippen LogP contribution in [0.15, 0.2) is 48.5 Å². The molecule has 0 bridgehead atoms. The van der Waals surface area contributed by atoms with Gasteiger partial charge in [0.2, 0.25) is 0 Å². The number of thiophene rings is 1. The molecular formula is C20H19ClN2OS. The molecule has 2 aromatic carbocycles. The van der Waals surface area contributed by atoms with Gasteiger partial charge in [-0.3, -0.25) is 4.79 Å². The Bertz CT molecular complexity index is 919. The maximum atomic E-state index is 12.8. The molecule has 0 radical (unpaired) electrons. The zero-order chi connectivity index (χ0) is 18.0. The maximum absolute atomic E-state index is 12.8. The van der Waals surface area contributed by atoms with Crippen molar-refractivity contribution in [3.8, 4) is 11.1 Å². The minimum Gasteiger partial charge on any atom is -0.390 e. The van der Waals surface area contributed by atoms with Crippen LogP contribution in [0.5, 0.6) is 0 Å². The predicted octanol–water partition coefficient (Wildman–Crippen LogP) is 5.20. The lowest BCUT2D eigenvalue weighted by molar-refractivity contribution is 0.0953. The van der Waals surface area contributed by atoms with Gasteiger partial charge in [0.05, 0.1) is 10.6 Å². The number of carbonyl (C=O) groups is 1. The van der Waals surface area contributed by atoms with Crippen molar-refractivity contribution in [1.29, 1.82) is 0 Å². The molecule has 128 valence electrons. The number of hydrogen-bond acceptors (Lipinski definition) is 3. The van der Waals surface area contributed by atoms with E-state index in [9.17, 15) is 4.79 Å². The molecule has 0 atom stereocenters. The van der Waals surface area contributed by atoms with Crippen LogP contribution in [-0.4, -0.2) is 5.91 Å².